The van der Waals surface area contributed by atoms with Crippen LogP contribution in [-0.4, -0.2) is 13.1 Å². The van der Waals surface area contributed by atoms with Gasteiger partial charge in [0.05, 0.1) is 12.5 Å². The SMILES string of the molecule is COC(=O)C(C)(C)[C@@H](N)c1c(C)cccc1C. The van der Waals surface area contributed by atoms with Gasteiger partial charge < -0.3 is 10.5 Å². The summed E-state index contributed by atoms with van der Waals surface area (Å²) < 4.78 is 4.82. The van der Waals surface area contributed by atoms with Gasteiger partial charge in [-0.05, 0) is 44.4 Å². The number of esters is 1. The van der Waals surface area contributed by atoms with Crippen molar-refractivity contribution in [1.29, 1.82) is 0 Å². The van der Waals surface area contributed by atoms with Gasteiger partial charge in [0, 0.05) is 6.04 Å². The molecule has 3 nitrogen and oxygen atoms in total. The second-order valence-electron chi connectivity index (χ2n) is 5.00. The molecule has 0 unspecified atom stereocenters. The predicted molar refractivity (Wildman–Crippen MR) is 68.6 cm³/mol. The number of carbonyl (C=O) groups is 1. The summed E-state index contributed by atoms with van der Waals surface area (Å²) in [5.41, 5.74) is 8.76. The summed E-state index contributed by atoms with van der Waals surface area (Å²) in [4.78, 5) is 11.8. The van der Waals surface area contributed by atoms with E-state index in [0.717, 1.165) is 16.7 Å². The molecule has 94 valence electrons. The Morgan fingerprint density at radius 2 is 1.76 bits per heavy atom. The van der Waals surface area contributed by atoms with Gasteiger partial charge in [-0.1, -0.05) is 18.2 Å². The highest BCUT2D eigenvalue weighted by molar-refractivity contribution is 5.77. The third-order valence-electron chi connectivity index (χ3n) is 3.34. The lowest BCUT2D eigenvalue weighted by Gasteiger charge is -2.31. The van der Waals surface area contributed by atoms with Crippen molar-refractivity contribution in [3.63, 3.8) is 0 Å². The molecule has 3 heteroatoms. The predicted octanol–water partition coefficient (Wildman–Crippen LogP) is 2.50. The Morgan fingerprint density at radius 3 is 2.18 bits per heavy atom. The highest BCUT2D eigenvalue weighted by Gasteiger charge is 2.37. The smallest absolute Gasteiger partial charge is 0.313 e. The maximum absolute atomic E-state index is 11.8. The normalized spacial score (nSPS) is 13.3. The van der Waals surface area contributed by atoms with Crippen LogP contribution in [0, 0.1) is 19.3 Å². The molecule has 1 rings (SSSR count). The number of nitrogens with two attached hydrogens (primary N) is 1. The quantitative estimate of drug-likeness (QED) is 0.819. The molecule has 1 atom stereocenters. The minimum atomic E-state index is -0.731. The van der Waals surface area contributed by atoms with E-state index in [2.05, 4.69) is 0 Å². The molecule has 1 aromatic carbocycles. The van der Waals surface area contributed by atoms with Gasteiger partial charge in [-0.25, -0.2) is 0 Å². The van der Waals surface area contributed by atoms with Gasteiger partial charge in [0.2, 0.25) is 0 Å². The van der Waals surface area contributed by atoms with E-state index in [1.807, 2.05) is 45.9 Å². The fourth-order valence-electron chi connectivity index (χ4n) is 2.07. The molecule has 0 spiro atoms. The minimum absolute atomic E-state index is 0.285. The molecule has 0 bridgehead atoms. The zero-order chi connectivity index (χ0) is 13.2. The lowest BCUT2D eigenvalue weighted by Crippen LogP contribution is -2.38. The highest BCUT2D eigenvalue weighted by atomic mass is 16.5. The highest BCUT2D eigenvalue weighted by Crippen LogP contribution is 2.35. The van der Waals surface area contributed by atoms with Crippen LogP contribution in [0.5, 0.6) is 0 Å². The fraction of sp³-hybridized carbons (Fsp3) is 0.500. The largest absolute Gasteiger partial charge is 0.469 e. The Balaban J connectivity index is 3.21. The van der Waals surface area contributed by atoms with Gasteiger partial charge >= 0.3 is 5.97 Å². The molecular formula is C14H21NO2. The fourth-order valence-corrected chi connectivity index (χ4v) is 2.07. The summed E-state index contributed by atoms with van der Waals surface area (Å²) >= 11 is 0. The molecule has 0 radical (unpaired) electrons. The Hall–Kier alpha value is -1.35. The van der Waals surface area contributed by atoms with Gasteiger partial charge in [-0.2, -0.15) is 0 Å². The molecule has 1 aromatic rings. The van der Waals surface area contributed by atoms with Gasteiger partial charge in [0.1, 0.15) is 0 Å². The molecule has 0 saturated heterocycles. The molecule has 0 aliphatic heterocycles. The number of hydrogen-bond donors (Lipinski definition) is 1. The van der Waals surface area contributed by atoms with Gasteiger partial charge in [-0.15, -0.1) is 0 Å². The van der Waals surface area contributed by atoms with Crippen LogP contribution in [0.25, 0.3) is 0 Å². The third kappa shape index (κ3) is 2.50. The van der Waals surface area contributed by atoms with Crippen LogP contribution in [-0.2, 0) is 9.53 Å². The van der Waals surface area contributed by atoms with E-state index in [-0.39, 0.29) is 12.0 Å². The van der Waals surface area contributed by atoms with Crippen molar-refractivity contribution < 1.29 is 9.53 Å². The molecule has 0 heterocycles. The van der Waals surface area contributed by atoms with Crippen molar-refractivity contribution in [2.45, 2.75) is 33.7 Å². The number of ether oxygens (including phenoxy) is 1. The molecule has 0 amide bonds. The zero-order valence-corrected chi connectivity index (χ0v) is 11.2. The number of benzene rings is 1. The standard InChI is InChI=1S/C14H21NO2/c1-9-7-6-8-10(2)11(9)12(15)14(3,4)13(16)17-5/h6-8,12H,15H2,1-5H3/t12-/m0/s1. The summed E-state index contributed by atoms with van der Waals surface area (Å²) in [6, 6.07) is 5.65. The first-order valence-corrected chi connectivity index (χ1v) is 5.72. The van der Waals surface area contributed by atoms with Crippen molar-refractivity contribution in [1.82, 2.24) is 0 Å². The maximum atomic E-state index is 11.8. The maximum Gasteiger partial charge on any atom is 0.313 e. The molecule has 2 N–H and O–H groups in total. The van der Waals surface area contributed by atoms with E-state index in [9.17, 15) is 4.79 Å². The van der Waals surface area contributed by atoms with E-state index in [1.165, 1.54) is 7.11 Å². The average Bonchev–Trinajstić information content (AvgIpc) is 2.27. The third-order valence-corrected chi connectivity index (χ3v) is 3.34. The molecule has 0 aliphatic carbocycles. The molecule has 0 fully saturated rings. The summed E-state index contributed by atoms with van der Waals surface area (Å²) in [6.45, 7) is 7.65. The van der Waals surface area contributed by atoms with Crippen molar-refractivity contribution >= 4 is 5.97 Å². The van der Waals surface area contributed by atoms with Crippen molar-refractivity contribution in [2.24, 2.45) is 11.1 Å². The van der Waals surface area contributed by atoms with Gasteiger partial charge in [-0.3, -0.25) is 4.79 Å². The van der Waals surface area contributed by atoms with Crippen molar-refractivity contribution in [2.75, 3.05) is 7.11 Å². The average molecular weight is 235 g/mol. The summed E-state index contributed by atoms with van der Waals surface area (Å²) in [5, 5.41) is 0. The van der Waals surface area contributed by atoms with Crippen LogP contribution in [0.3, 0.4) is 0 Å². The number of aryl methyl sites for hydroxylation is 2. The Morgan fingerprint density at radius 1 is 1.29 bits per heavy atom. The second-order valence-corrected chi connectivity index (χ2v) is 5.00. The van der Waals surface area contributed by atoms with Crippen LogP contribution in [0.4, 0.5) is 0 Å². The molecular weight excluding hydrogens is 214 g/mol. The first-order valence-electron chi connectivity index (χ1n) is 5.72. The number of rotatable bonds is 3. The Kier molecular flexibility index (Phi) is 3.94. The number of methoxy groups -OCH3 is 1. The topological polar surface area (TPSA) is 52.3 Å². The van der Waals surface area contributed by atoms with E-state index in [1.54, 1.807) is 0 Å². The van der Waals surface area contributed by atoms with E-state index in [4.69, 9.17) is 10.5 Å². The lowest BCUT2D eigenvalue weighted by atomic mass is 9.78. The van der Waals surface area contributed by atoms with E-state index in [0.29, 0.717) is 0 Å². The van der Waals surface area contributed by atoms with Crippen LogP contribution in [0.15, 0.2) is 18.2 Å². The Bertz CT molecular complexity index is 404. The molecule has 0 saturated carbocycles. The van der Waals surface area contributed by atoms with Crippen LogP contribution in [0.2, 0.25) is 0 Å². The first kappa shape index (κ1) is 13.7. The molecule has 0 aliphatic rings. The monoisotopic (exact) mass is 235 g/mol. The van der Waals surface area contributed by atoms with Crippen LogP contribution >= 0.6 is 0 Å². The van der Waals surface area contributed by atoms with Gasteiger partial charge in [0.15, 0.2) is 0 Å². The number of carbonyl (C=O) groups excluding carboxylic acids is 1. The minimum Gasteiger partial charge on any atom is -0.469 e. The lowest BCUT2D eigenvalue weighted by molar-refractivity contribution is -0.152. The van der Waals surface area contributed by atoms with E-state index >= 15 is 0 Å². The second kappa shape index (κ2) is 4.88. The molecule has 17 heavy (non-hydrogen) atoms. The Labute approximate surface area is 103 Å². The summed E-state index contributed by atoms with van der Waals surface area (Å²) in [5.74, 6) is -0.285. The van der Waals surface area contributed by atoms with Crippen molar-refractivity contribution in [3.8, 4) is 0 Å². The van der Waals surface area contributed by atoms with Gasteiger partial charge in [0.25, 0.3) is 0 Å². The van der Waals surface area contributed by atoms with Crippen molar-refractivity contribution in [3.05, 3.63) is 34.9 Å². The first-order chi connectivity index (χ1) is 7.82. The summed E-state index contributed by atoms with van der Waals surface area (Å²) in [7, 11) is 1.39. The van der Waals surface area contributed by atoms with Crippen LogP contribution < -0.4 is 5.73 Å². The zero-order valence-electron chi connectivity index (χ0n) is 11.2. The number of hydrogen-bond acceptors (Lipinski definition) is 3. The molecule has 0 aromatic heterocycles. The summed E-state index contributed by atoms with van der Waals surface area (Å²) in [6.07, 6.45) is 0. The van der Waals surface area contributed by atoms with E-state index < -0.39 is 5.41 Å². The van der Waals surface area contributed by atoms with Crippen LogP contribution in [0.1, 0.15) is 36.6 Å².